The number of aromatic nitrogens is 3. The Balaban J connectivity index is 1.06. The number of unbranched alkanes of at least 4 members (excludes halogenated alkanes) is 2. The van der Waals surface area contributed by atoms with Gasteiger partial charge in [-0.15, -0.1) is 0 Å². The van der Waals surface area contributed by atoms with Crippen LogP contribution in [0, 0.1) is 0 Å². The van der Waals surface area contributed by atoms with Crippen LogP contribution in [0.3, 0.4) is 0 Å². The van der Waals surface area contributed by atoms with Gasteiger partial charge in [0, 0.05) is 63.9 Å². The summed E-state index contributed by atoms with van der Waals surface area (Å²) in [6, 6.07) is -0.299. The summed E-state index contributed by atoms with van der Waals surface area (Å²) in [4.78, 5) is 74.2. The molecular formula is C31H50N12O5S. The Morgan fingerprint density at radius 1 is 0.939 bits per heavy atom. The van der Waals surface area contributed by atoms with Crippen LogP contribution < -0.4 is 31.5 Å². The molecule has 4 atom stereocenters. The summed E-state index contributed by atoms with van der Waals surface area (Å²) in [5, 5.41) is 9.91. The number of ether oxygens (including phenoxy) is 1. The van der Waals surface area contributed by atoms with Crippen molar-refractivity contribution in [1.29, 1.82) is 0 Å². The Labute approximate surface area is 291 Å². The maximum absolute atomic E-state index is 13.9. The number of nitrogens with zero attached hydrogens (tertiary/aromatic N) is 8. The highest BCUT2D eigenvalue weighted by Gasteiger charge is 2.42. The first-order valence-electron chi connectivity index (χ1n) is 17.6. The second kappa shape index (κ2) is 16.4. The molecule has 1 aromatic rings. The first-order valence-corrected chi connectivity index (χ1v) is 18.6. The van der Waals surface area contributed by atoms with Crippen LogP contribution >= 0.6 is 11.8 Å². The zero-order valence-electron chi connectivity index (χ0n) is 28.3. The van der Waals surface area contributed by atoms with Crippen molar-refractivity contribution in [3.05, 3.63) is 0 Å². The molecule has 0 radical (unpaired) electrons. The van der Waals surface area contributed by atoms with E-state index in [9.17, 15) is 19.2 Å². The molecule has 0 aromatic carbocycles. The van der Waals surface area contributed by atoms with Crippen molar-refractivity contribution in [2.75, 3.05) is 107 Å². The number of piperazine rings is 2. The molecule has 5 amide bonds. The van der Waals surface area contributed by atoms with Crippen LogP contribution in [0.25, 0.3) is 0 Å². The highest BCUT2D eigenvalue weighted by Crippen LogP contribution is 2.33. The van der Waals surface area contributed by atoms with Crippen molar-refractivity contribution >= 4 is 53.4 Å². The summed E-state index contributed by atoms with van der Waals surface area (Å²) in [5.74, 6) is 2.13. The van der Waals surface area contributed by atoms with Gasteiger partial charge in [0.05, 0.1) is 31.8 Å². The van der Waals surface area contributed by atoms with E-state index in [1.54, 1.807) is 11.9 Å². The standard InChI is InChI=1S/C31H50N12O5S/c1-39-18-25(45)43(19-24(39)44)22(6-2-4-8-32)27(46)40-10-12-41(13-11-40)29-36-28(37-30(38-29)42-14-16-48-17-15-42)33-9-5-3-7-23-26-21(20-49-23)34-31(47)35-26/h21-23,26H,2-20,32H2,1H3,(H2,34,35,47)(H,33,36,37,38)/t21-,22-,23-,26-/m0/s1. The lowest BCUT2D eigenvalue weighted by molar-refractivity contribution is -0.156. The number of amides is 5. The van der Waals surface area contributed by atoms with Gasteiger partial charge >= 0.3 is 6.03 Å². The molecule has 0 aliphatic carbocycles. The van der Waals surface area contributed by atoms with Crippen LogP contribution in [-0.2, 0) is 19.1 Å². The molecule has 0 saturated carbocycles. The quantitative estimate of drug-likeness (QED) is 0.135. The number of nitrogens with one attached hydrogen (secondary N) is 3. The Bertz CT molecular complexity index is 1340. The van der Waals surface area contributed by atoms with Crippen molar-refractivity contribution in [3.63, 3.8) is 0 Å². The van der Waals surface area contributed by atoms with Gasteiger partial charge in [0.1, 0.15) is 12.6 Å². The summed E-state index contributed by atoms with van der Waals surface area (Å²) < 4.78 is 5.55. The average molecular weight is 703 g/mol. The molecule has 0 bridgehead atoms. The number of anilines is 3. The van der Waals surface area contributed by atoms with Crippen LogP contribution in [0.4, 0.5) is 22.6 Å². The molecule has 6 rings (SSSR count). The Morgan fingerprint density at radius 3 is 2.41 bits per heavy atom. The van der Waals surface area contributed by atoms with E-state index in [1.807, 2.05) is 11.8 Å². The summed E-state index contributed by atoms with van der Waals surface area (Å²) in [5.41, 5.74) is 5.72. The molecule has 5 N–H and O–H groups in total. The molecule has 5 aliphatic heterocycles. The largest absolute Gasteiger partial charge is 0.378 e. The number of rotatable bonds is 14. The fourth-order valence-electron chi connectivity index (χ4n) is 7.05. The summed E-state index contributed by atoms with van der Waals surface area (Å²) >= 11 is 1.93. The third-order valence-corrected chi connectivity index (χ3v) is 11.4. The zero-order valence-corrected chi connectivity index (χ0v) is 29.2. The molecule has 1 aromatic heterocycles. The molecule has 18 heteroatoms. The van der Waals surface area contributed by atoms with Crippen molar-refractivity contribution in [2.45, 2.75) is 61.9 Å². The van der Waals surface area contributed by atoms with Gasteiger partial charge in [-0.3, -0.25) is 14.4 Å². The number of thioether (sulfide) groups is 1. The fraction of sp³-hybridized carbons (Fsp3) is 0.774. The van der Waals surface area contributed by atoms with Crippen LogP contribution in [0.2, 0.25) is 0 Å². The number of morpholine rings is 1. The van der Waals surface area contributed by atoms with E-state index in [0.29, 0.717) is 102 Å². The van der Waals surface area contributed by atoms with Crippen molar-refractivity contribution in [1.82, 2.24) is 40.3 Å². The van der Waals surface area contributed by atoms with E-state index in [2.05, 4.69) is 25.8 Å². The Kier molecular flexibility index (Phi) is 11.8. The lowest BCUT2D eigenvalue weighted by Crippen LogP contribution is -2.61. The number of fused-ring (bicyclic) bond motifs is 1. The van der Waals surface area contributed by atoms with E-state index < -0.39 is 6.04 Å². The van der Waals surface area contributed by atoms with Crippen LogP contribution in [-0.4, -0.2) is 168 Å². The highest BCUT2D eigenvalue weighted by molar-refractivity contribution is 8.00. The molecule has 17 nitrogen and oxygen atoms in total. The fourth-order valence-corrected chi connectivity index (χ4v) is 8.59. The Hall–Kier alpha value is -3.64. The van der Waals surface area contributed by atoms with Crippen LogP contribution in [0.1, 0.15) is 38.5 Å². The highest BCUT2D eigenvalue weighted by atomic mass is 32.2. The van der Waals surface area contributed by atoms with Crippen molar-refractivity contribution in [3.8, 4) is 0 Å². The van der Waals surface area contributed by atoms with Gasteiger partial charge < -0.3 is 50.9 Å². The zero-order chi connectivity index (χ0) is 34.3. The number of urea groups is 1. The minimum atomic E-state index is -0.688. The molecule has 0 unspecified atom stereocenters. The van der Waals surface area contributed by atoms with Crippen molar-refractivity contribution < 1.29 is 23.9 Å². The molecule has 6 heterocycles. The third-order valence-electron chi connectivity index (χ3n) is 9.93. The summed E-state index contributed by atoms with van der Waals surface area (Å²) in [7, 11) is 1.61. The van der Waals surface area contributed by atoms with Gasteiger partial charge in [0.15, 0.2) is 0 Å². The molecule has 5 fully saturated rings. The lowest BCUT2D eigenvalue weighted by Gasteiger charge is -2.41. The van der Waals surface area contributed by atoms with E-state index >= 15 is 0 Å². The van der Waals surface area contributed by atoms with E-state index in [-0.39, 0.29) is 48.9 Å². The monoisotopic (exact) mass is 702 g/mol. The first-order chi connectivity index (χ1) is 23.8. The Morgan fingerprint density at radius 2 is 1.67 bits per heavy atom. The normalized spacial score (nSPS) is 25.0. The molecule has 0 spiro atoms. The van der Waals surface area contributed by atoms with Crippen LogP contribution in [0.15, 0.2) is 0 Å². The first kappa shape index (κ1) is 35.2. The topological polar surface area (TPSA) is 194 Å². The maximum atomic E-state index is 13.9. The van der Waals surface area contributed by atoms with Gasteiger partial charge in [0.2, 0.25) is 35.6 Å². The number of likely N-dealkylation sites (N-methyl/N-ethyl adjacent to an activating group) is 1. The van der Waals surface area contributed by atoms with Gasteiger partial charge in [-0.25, -0.2) is 4.79 Å². The maximum Gasteiger partial charge on any atom is 0.315 e. The predicted octanol–water partition coefficient (Wildman–Crippen LogP) is -1.10. The second-order valence-electron chi connectivity index (χ2n) is 13.3. The molecule has 5 saturated heterocycles. The molecular weight excluding hydrogens is 652 g/mol. The van der Waals surface area contributed by atoms with Crippen molar-refractivity contribution in [2.24, 2.45) is 5.73 Å². The number of nitrogens with two attached hydrogens (primary N) is 1. The van der Waals surface area contributed by atoms with Gasteiger partial charge in [0.25, 0.3) is 0 Å². The lowest BCUT2D eigenvalue weighted by atomic mass is 10.0. The van der Waals surface area contributed by atoms with Gasteiger partial charge in [-0.2, -0.15) is 26.7 Å². The number of carbonyl (C=O) groups excluding carboxylic acids is 4. The minimum absolute atomic E-state index is 0.0215. The summed E-state index contributed by atoms with van der Waals surface area (Å²) in [6.45, 7) is 5.64. The third kappa shape index (κ3) is 8.57. The predicted molar refractivity (Wildman–Crippen MR) is 186 cm³/mol. The van der Waals surface area contributed by atoms with Gasteiger partial charge in [-0.1, -0.05) is 6.42 Å². The van der Waals surface area contributed by atoms with E-state index in [1.165, 1.54) is 9.80 Å². The number of carbonyl (C=O) groups is 4. The SMILES string of the molecule is CN1CC(=O)N([C@@H](CCCCN)C(=O)N2CCN(c3nc(NCCCC[C@@H]4SC[C@@H]5NC(=O)N[C@@H]54)nc(N4CCOCC4)n3)CC2)CC1=O. The van der Waals surface area contributed by atoms with E-state index in [0.717, 1.165) is 31.4 Å². The average Bonchev–Trinajstić information content (AvgIpc) is 3.67. The smallest absolute Gasteiger partial charge is 0.315 e. The molecule has 5 aliphatic rings. The number of hydrogen-bond donors (Lipinski definition) is 4. The van der Waals surface area contributed by atoms with Gasteiger partial charge in [-0.05, 0) is 38.6 Å². The number of hydrogen-bond acceptors (Lipinski definition) is 13. The summed E-state index contributed by atoms with van der Waals surface area (Å²) in [6.07, 6.45) is 4.91. The molecule has 49 heavy (non-hydrogen) atoms. The second-order valence-corrected chi connectivity index (χ2v) is 14.6. The minimum Gasteiger partial charge on any atom is -0.378 e. The molecule has 270 valence electrons. The van der Waals surface area contributed by atoms with E-state index in [4.69, 9.17) is 25.4 Å². The van der Waals surface area contributed by atoms with Crippen LogP contribution in [0.5, 0.6) is 0 Å².